The Labute approximate surface area is 102 Å². The molecule has 1 aromatic carbocycles. The maximum absolute atomic E-state index is 12.5. The van der Waals surface area contributed by atoms with Crippen molar-refractivity contribution in [3.63, 3.8) is 0 Å². The maximum atomic E-state index is 12.5. The number of aryl methyl sites for hydroxylation is 2. The summed E-state index contributed by atoms with van der Waals surface area (Å²) in [6, 6.07) is 4.58. The van der Waals surface area contributed by atoms with E-state index in [-0.39, 0.29) is 6.04 Å². The van der Waals surface area contributed by atoms with E-state index in [9.17, 15) is 4.79 Å². The normalized spacial score (nSPS) is 27.0. The van der Waals surface area contributed by atoms with Crippen molar-refractivity contribution >= 4 is 11.5 Å². The lowest BCUT2D eigenvalue weighted by molar-refractivity contribution is 0.0960. The number of ketones is 1. The predicted octanol–water partition coefficient (Wildman–Crippen LogP) is 1.67. The molecular formula is C14H18N2O. The number of fused-ring (bicyclic) bond motifs is 3. The molecule has 0 spiro atoms. The third-order valence-electron chi connectivity index (χ3n) is 3.98. The van der Waals surface area contributed by atoms with Crippen LogP contribution in [0.25, 0.3) is 0 Å². The first kappa shape index (κ1) is 10.8. The van der Waals surface area contributed by atoms with E-state index in [1.165, 1.54) is 11.3 Å². The van der Waals surface area contributed by atoms with Crippen molar-refractivity contribution in [3.8, 4) is 0 Å². The van der Waals surface area contributed by atoms with Crippen LogP contribution < -0.4 is 10.2 Å². The third-order valence-corrected chi connectivity index (χ3v) is 3.98. The van der Waals surface area contributed by atoms with Crippen LogP contribution in [0.3, 0.4) is 0 Å². The molecule has 0 unspecified atom stereocenters. The lowest BCUT2D eigenvalue weighted by Crippen LogP contribution is -2.56. The van der Waals surface area contributed by atoms with Gasteiger partial charge in [-0.1, -0.05) is 12.1 Å². The van der Waals surface area contributed by atoms with Gasteiger partial charge in [0, 0.05) is 24.7 Å². The summed E-state index contributed by atoms with van der Waals surface area (Å²) in [7, 11) is 0. The molecule has 3 heteroatoms. The van der Waals surface area contributed by atoms with Gasteiger partial charge >= 0.3 is 0 Å². The van der Waals surface area contributed by atoms with E-state index in [0.29, 0.717) is 11.8 Å². The molecule has 90 valence electrons. The summed E-state index contributed by atoms with van der Waals surface area (Å²) in [5.74, 6) is 0.292. The average molecular weight is 230 g/mol. The van der Waals surface area contributed by atoms with Crippen LogP contribution in [0.2, 0.25) is 0 Å². The molecule has 2 aliphatic heterocycles. The van der Waals surface area contributed by atoms with Crippen molar-refractivity contribution in [3.05, 3.63) is 28.8 Å². The number of carbonyl (C=O) groups excluding carboxylic acids is 1. The molecule has 3 rings (SSSR count). The van der Waals surface area contributed by atoms with Crippen LogP contribution in [0, 0.1) is 13.8 Å². The van der Waals surface area contributed by atoms with Crippen LogP contribution >= 0.6 is 0 Å². The minimum absolute atomic E-state index is 0.00792. The fourth-order valence-corrected chi connectivity index (χ4v) is 3.13. The summed E-state index contributed by atoms with van der Waals surface area (Å²) >= 11 is 0. The quantitative estimate of drug-likeness (QED) is 0.736. The van der Waals surface area contributed by atoms with Gasteiger partial charge in [-0.25, -0.2) is 0 Å². The third kappa shape index (κ3) is 1.35. The van der Waals surface area contributed by atoms with Gasteiger partial charge in [-0.3, -0.25) is 4.79 Å². The summed E-state index contributed by atoms with van der Waals surface area (Å²) in [4.78, 5) is 14.8. The van der Waals surface area contributed by atoms with E-state index in [0.717, 1.165) is 24.2 Å². The number of piperazine rings is 1. The molecular weight excluding hydrogens is 212 g/mol. The van der Waals surface area contributed by atoms with Crippen LogP contribution in [-0.4, -0.2) is 31.0 Å². The standard InChI is InChI=1S/C14H18N2O/c1-8-4-5-9(2)13-12(8)14(17)11-7-15-6-10(3)16(11)13/h4-5,10-11,15H,6-7H2,1-3H3/t10-,11+/m1/s1. The number of anilines is 1. The molecule has 0 aromatic heterocycles. The highest BCUT2D eigenvalue weighted by molar-refractivity contribution is 6.13. The van der Waals surface area contributed by atoms with Gasteiger partial charge in [-0.15, -0.1) is 0 Å². The number of carbonyl (C=O) groups is 1. The van der Waals surface area contributed by atoms with Crippen LogP contribution in [-0.2, 0) is 0 Å². The van der Waals surface area contributed by atoms with Gasteiger partial charge in [-0.05, 0) is 31.9 Å². The van der Waals surface area contributed by atoms with Crippen LogP contribution in [0.5, 0.6) is 0 Å². The van der Waals surface area contributed by atoms with Crippen LogP contribution in [0.4, 0.5) is 5.69 Å². The Morgan fingerprint density at radius 3 is 2.71 bits per heavy atom. The summed E-state index contributed by atoms with van der Waals surface area (Å²) in [6.45, 7) is 8.05. The SMILES string of the molecule is Cc1ccc(C)c2c1C(=O)[C@@H]1CNC[C@@H](C)N21. The molecule has 1 N–H and O–H groups in total. The fraction of sp³-hybridized carbons (Fsp3) is 0.500. The highest BCUT2D eigenvalue weighted by Gasteiger charge is 2.42. The largest absolute Gasteiger partial charge is 0.355 e. The zero-order chi connectivity index (χ0) is 12.2. The molecule has 1 aromatic rings. The van der Waals surface area contributed by atoms with Gasteiger partial charge in [0.15, 0.2) is 5.78 Å². The molecule has 1 fully saturated rings. The number of benzene rings is 1. The van der Waals surface area contributed by atoms with Crippen molar-refractivity contribution in [2.24, 2.45) is 0 Å². The Bertz CT molecular complexity index is 495. The van der Waals surface area contributed by atoms with Gasteiger partial charge in [0.05, 0.1) is 5.69 Å². The minimum Gasteiger partial charge on any atom is -0.355 e. The maximum Gasteiger partial charge on any atom is 0.188 e. The molecule has 2 heterocycles. The molecule has 0 aliphatic carbocycles. The molecule has 1 saturated heterocycles. The highest BCUT2D eigenvalue weighted by Crippen LogP contribution is 2.39. The number of Topliss-reactive ketones (excluding diaryl/α,β-unsaturated/α-hetero) is 1. The topological polar surface area (TPSA) is 32.3 Å². The average Bonchev–Trinajstić information content (AvgIpc) is 2.61. The van der Waals surface area contributed by atoms with Crippen molar-refractivity contribution < 1.29 is 4.79 Å². The number of rotatable bonds is 0. The molecule has 0 amide bonds. The molecule has 0 saturated carbocycles. The summed E-state index contributed by atoms with van der Waals surface area (Å²) in [6.07, 6.45) is 0. The zero-order valence-electron chi connectivity index (χ0n) is 10.6. The highest BCUT2D eigenvalue weighted by atomic mass is 16.1. The lowest BCUT2D eigenvalue weighted by atomic mass is 10.0. The summed E-state index contributed by atoms with van der Waals surface area (Å²) < 4.78 is 0. The second-order valence-electron chi connectivity index (χ2n) is 5.22. The molecule has 3 nitrogen and oxygen atoms in total. The number of nitrogens with zero attached hydrogens (tertiary/aromatic N) is 1. The predicted molar refractivity (Wildman–Crippen MR) is 68.8 cm³/mol. The Kier molecular flexibility index (Phi) is 2.26. The second-order valence-corrected chi connectivity index (χ2v) is 5.22. The number of hydrogen-bond donors (Lipinski definition) is 1. The molecule has 0 bridgehead atoms. The lowest BCUT2D eigenvalue weighted by Gasteiger charge is -2.38. The summed E-state index contributed by atoms with van der Waals surface area (Å²) in [5.41, 5.74) is 4.45. The number of nitrogens with one attached hydrogen (secondary N) is 1. The van der Waals surface area contributed by atoms with Gasteiger partial charge in [0.25, 0.3) is 0 Å². The van der Waals surface area contributed by atoms with Crippen LogP contribution in [0.15, 0.2) is 12.1 Å². The summed E-state index contributed by atoms with van der Waals surface area (Å²) in [5, 5.41) is 3.35. The second kappa shape index (κ2) is 3.57. The first-order valence-electron chi connectivity index (χ1n) is 6.24. The van der Waals surface area contributed by atoms with Crippen molar-refractivity contribution in [2.75, 3.05) is 18.0 Å². The van der Waals surface area contributed by atoms with Gasteiger partial charge in [-0.2, -0.15) is 0 Å². The molecule has 2 atom stereocenters. The minimum atomic E-state index is 0.00792. The molecule has 2 aliphatic rings. The number of hydrogen-bond acceptors (Lipinski definition) is 3. The van der Waals surface area contributed by atoms with E-state index in [1.807, 2.05) is 6.92 Å². The van der Waals surface area contributed by atoms with Crippen molar-refractivity contribution in [1.29, 1.82) is 0 Å². The van der Waals surface area contributed by atoms with Crippen molar-refractivity contribution in [2.45, 2.75) is 32.9 Å². The molecule has 0 radical (unpaired) electrons. The van der Waals surface area contributed by atoms with Crippen LogP contribution in [0.1, 0.15) is 28.4 Å². The smallest absolute Gasteiger partial charge is 0.188 e. The first-order valence-corrected chi connectivity index (χ1v) is 6.24. The Morgan fingerprint density at radius 2 is 1.94 bits per heavy atom. The monoisotopic (exact) mass is 230 g/mol. The van der Waals surface area contributed by atoms with Gasteiger partial charge < -0.3 is 10.2 Å². The van der Waals surface area contributed by atoms with Crippen molar-refractivity contribution in [1.82, 2.24) is 5.32 Å². The Morgan fingerprint density at radius 1 is 1.24 bits per heavy atom. The van der Waals surface area contributed by atoms with E-state index >= 15 is 0 Å². The molecule has 17 heavy (non-hydrogen) atoms. The van der Waals surface area contributed by atoms with Gasteiger partial charge in [0.1, 0.15) is 6.04 Å². The zero-order valence-corrected chi connectivity index (χ0v) is 10.6. The van der Waals surface area contributed by atoms with E-state index in [2.05, 4.69) is 36.2 Å². The van der Waals surface area contributed by atoms with Gasteiger partial charge in [0.2, 0.25) is 0 Å². The van der Waals surface area contributed by atoms with E-state index < -0.39 is 0 Å². The first-order chi connectivity index (χ1) is 8.11. The Balaban J connectivity index is 2.22. The fourth-order valence-electron chi connectivity index (χ4n) is 3.13. The van der Waals surface area contributed by atoms with E-state index in [1.54, 1.807) is 0 Å². The van der Waals surface area contributed by atoms with E-state index in [4.69, 9.17) is 0 Å². The Hall–Kier alpha value is -1.35.